The molecule has 19 heavy (non-hydrogen) atoms. The van der Waals surface area contributed by atoms with E-state index in [1.54, 1.807) is 0 Å². The zero-order valence-electron chi connectivity index (χ0n) is 11.4. The van der Waals surface area contributed by atoms with Gasteiger partial charge in [0, 0.05) is 20.1 Å². The van der Waals surface area contributed by atoms with E-state index in [-0.39, 0.29) is 5.75 Å². The fourth-order valence-electron chi connectivity index (χ4n) is 2.17. The molecule has 0 aliphatic heterocycles. The van der Waals surface area contributed by atoms with Crippen LogP contribution in [0.4, 0.5) is 5.95 Å². The van der Waals surface area contributed by atoms with Crippen LogP contribution < -0.4 is 4.90 Å². The maximum Gasteiger partial charge on any atom is 0.313 e. The first kappa shape index (κ1) is 14.2. The van der Waals surface area contributed by atoms with Gasteiger partial charge in [0.1, 0.15) is 0 Å². The van der Waals surface area contributed by atoms with E-state index in [1.165, 1.54) is 31.0 Å². The van der Waals surface area contributed by atoms with E-state index in [2.05, 4.69) is 22.0 Å². The summed E-state index contributed by atoms with van der Waals surface area (Å²) < 4.78 is 1.88. The number of hydrogen-bond acceptors (Lipinski definition) is 5. The summed E-state index contributed by atoms with van der Waals surface area (Å²) in [5.74, 6) is 0.784. The molecule has 0 bridgehead atoms. The Morgan fingerprint density at radius 1 is 1.53 bits per heavy atom. The summed E-state index contributed by atoms with van der Waals surface area (Å²) in [6, 6.07) is 0. The van der Waals surface area contributed by atoms with Gasteiger partial charge in [-0.25, -0.2) is 0 Å². The van der Waals surface area contributed by atoms with E-state index < -0.39 is 5.97 Å². The third-order valence-electron chi connectivity index (χ3n) is 3.50. The average molecular weight is 284 g/mol. The van der Waals surface area contributed by atoms with Crippen LogP contribution in [0.5, 0.6) is 0 Å². The van der Waals surface area contributed by atoms with Crippen molar-refractivity contribution in [1.29, 1.82) is 0 Å². The van der Waals surface area contributed by atoms with Gasteiger partial charge < -0.3 is 10.0 Å². The number of carboxylic acid groups (broad SMARTS) is 1. The molecule has 1 aromatic rings. The highest BCUT2D eigenvalue weighted by Crippen LogP contribution is 2.29. The lowest BCUT2D eigenvalue weighted by atomic mass is 9.85. The first-order chi connectivity index (χ1) is 9.11. The predicted molar refractivity (Wildman–Crippen MR) is 74.6 cm³/mol. The summed E-state index contributed by atoms with van der Waals surface area (Å²) in [6.45, 7) is 4.02. The topological polar surface area (TPSA) is 71.2 Å². The lowest BCUT2D eigenvalue weighted by Crippen LogP contribution is -2.34. The number of aliphatic carboxylic acids is 1. The molecule has 0 atom stereocenters. The number of rotatable bonds is 7. The van der Waals surface area contributed by atoms with Crippen LogP contribution in [0.25, 0.3) is 0 Å². The minimum Gasteiger partial charge on any atom is -0.481 e. The van der Waals surface area contributed by atoms with Gasteiger partial charge in [0.2, 0.25) is 5.95 Å². The molecule has 0 aromatic carbocycles. The number of aromatic nitrogens is 3. The van der Waals surface area contributed by atoms with E-state index >= 15 is 0 Å². The number of nitrogens with zero attached hydrogens (tertiary/aromatic N) is 4. The van der Waals surface area contributed by atoms with Gasteiger partial charge in [-0.15, -0.1) is 10.2 Å². The lowest BCUT2D eigenvalue weighted by Gasteiger charge is -2.32. The van der Waals surface area contributed by atoms with Gasteiger partial charge >= 0.3 is 5.97 Å². The molecule has 2 rings (SSSR count). The lowest BCUT2D eigenvalue weighted by molar-refractivity contribution is -0.133. The van der Waals surface area contributed by atoms with Crippen LogP contribution in [0.15, 0.2) is 5.16 Å². The van der Waals surface area contributed by atoms with Crippen LogP contribution in [-0.2, 0) is 11.8 Å². The molecule has 1 saturated carbocycles. The molecule has 0 radical (unpaired) electrons. The predicted octanol–water partition coefficient (Wildman–Crippen LogP) is 1.62. The van der Waals surface area contributed by atoms with Crippen molar-refractivity contribution in [2.24, 2.45) is 13.0 Å². The van der Waals surface area contributed by atoms with E-state index in [1.807, 2.05) is 11.6 Å². The largest absolute Gasteiger partial charge is 0.481 e. The van der Waals surface area contributed by atoms with Gasteiger partial charge in [-0.05, 0) is 25.7 Å². The smallest absolute Gasteiger partial charge is 0.313 e. The third kappa shape index (κ3) is 3.40. The van der Waals surface area contributed by atoms with Crippen LogP contribution in [0.3, 0.4) is 0 Å². The molecule has 1 heterocycles. The second-order valence-corrected chi connectivity index (χ2v) is 5.80. The Balaban J connectivity index is 2.03. The van der Waals surface area contributed by atoms with Gasteiger partial charge in [-0.2, -0.15) is 0 Å². The summed E-state index contributed by atoms with van der Waals surface area (Å²) in [5.41, 5.74) is 0. The van der Waals surface area contributed by atoms with Crippen molar-refractivity contribution in [2.75, 3.05) is 23.7 Å². The zero-order chi connectivity index (χ0) is 13.8. The van der Waals surface area contributed by atoms with Crippen LogP contribution in [0.2, 0.25) is 0 Å². The van der Waals surface area contributed by atoms with E-state index in [0.29, 0.717) is 5.16 Å². The first-order valence-corrected chi connectivity index (χ1v) is 7.59. The fraction of sp³-hybridized carbons (Fsp3) is 0.750. The SMILES string of the molecule is CCN(CC1CCC1)c1nnc(SCC(=O)O)n1C. The van der Waals surface area contributed by atoms with Gasteiger partial charge in [-0.1, -0.05) is 18.2 Å². The highest BCUT2D eigenvalue weighted by Gasteiger charge is 2.23. The quantitative estimate of drug-likeness (QED) is 0.767. The summed E-state index contributed by atoms with van der Waals surface area (Å²) in [5, 5.41) is 17.6. The third-order valence-corrected chi connectivity index (χ3v) is 4.51. The molecule has 0 amide bonds. The van der Waals surface area contributed by atoms with Crippen molar-refractivity contribution in [2.45, 2.75) is 31.3 Å². The molecule has 7 heteroatoms. The van der Waals surface area contributed by atoms with Crippen LogP contribution >= 0.6 is 11.8 Å². The van der Waals surface area contributed by atoms with E-state index in [4.69, 9.17) is 5.11 Å². The van der Waals surface area contributed by atoms with Crippen LogP contribution in [-0.4, -0.2) is 44.7 Å². The Morgan fingerprint density at radius 3 is 2.79 bits per heavy atom. The maximum absolute atomic E-state index is 10.6. The average Bonchev–Trinajstić information content (AvgIpc) is 2.67. The highest BCUT2D eigenvalue weighted by molar-refractivity contribution is 7.99. The van der Waals surface area contributed by atoms with Crippen molar-refractivity contribution >= 4 is 23.7 Å². The summed E-state index contributed by atoms with van der Waals surface area (Å²) in [4.78, 5) is 12.8. The minimum absolute atomic E-state index is 0.0146. The number of carboxylic acids is 1. The molecule has 1 aliphatic rings. The van der Waals surface area contributed by atoms with Gasteiger partial charge in [-0.3, -0.25) is 9.36 Å². The highest BCUT2D eigenvalue weighted by atomic mass is 32.2. The molecule has 106 valence electrons. The summed E-state index contributed by atoms with van der Waals surface area (Å²) in [6.07, 6.45) is 3.94. The first-order valence-electron chi connectivity index (χ1n) is 6.60. The molecular formula is C12H20N4O2S. The molecule has 0 saturated heterocycles. The Kier molecular flexibility index (Phi) is 4.68. The Hall–Kier alpha value is -1.24. The molecule has 0 unspecified atom stereocenters. The van der Waals surface area contributed by atoms with Crippen LogP contribution in [0.1, 0.15) is 26.2 Å². The Bertz CT molecular complexity index is 445. The van der Waals surface area contributed by atoms with Gasteiger partial charge in [0.15, 0.2) is 5.16 Å². The monoisotopic (exact) mass is 284 g/mol. The van der Waals surface area contributed by atoms with Crippen LogP contribution in [0, 0.1) is 5.92 Å². The molecule has 0 spiro atoms. The normalized spacial score (nSPS) is 15.3. The van der Waals surface area contributed by atoms with Crippen molar-refractivity contribution in [3.05, 3.63) is 0 Å². The molecule has 1 fully saturated rings. The van der Waals surface area contributed by atoms with E-state index in [9.17, 15) is 4.79 Å². The number of thioether (sulfide) groups is 1. The summed E-state index contributed by atoms with van der Waals surface area (Å²) >= 11 is 1.21. The Labute approximate surface area is 117 Å². The molecule has 1 N–H and O–H groups in total. The molecule has 1 aliphatic carbocycles. The molecular weight excluding hydrogens is 264 g/mol. The summed E-state index contributed by atoms with van der Waals surface area (Å²) in [7, 11) is 1.89. The maximum atomic E-state index is 10.6. The fourth-order valence-corrected chi connectivity index (χ4v) is 2.80. The number of carbonyl (C=O) groups is 1. The second-order valence-electron chi connectivity index (χ2n) is 4.86. The van der Waals surface area contributed by atoms with Crippen molar-refractivity contribution in [3.63, 3.8) is 0 Å². The Morgan fingerprint density at radius 2 is 2.26 bits per heavy atom. The standard InChI is InChI=1S/C12H20N4O2S/c1-3-16(7-9-5-4-6-9)11-13-14-12(15(11)2)19-8-10(17)18/h9H,3-8H2,1-2H3,(H,17,18). The van der Waals surface area contributed by atoms with Gasteiger partial charge in [0.05, 0.1) is 5.75 Å². The number of hydrogen-bond donors (Lipinski definition) is 1. The molecule has 6 nitrogen and oxygen atoms in total. The van der Waals surface area contributed by atoms with Crippen molar-refractivity contribution < 1.29 is 9.90 Å². The number of anilines is 1. The zero-order valence-corrected chi connectivity index (χ0v) is 12.2. The molecule has 1 aromatic heterocycles. The van der Waals surface area contributed by atoms with E-state index in [0.717, 1.165) is 25.0 Å². The van der Waals surface area contributed by atoms with Gasteiger partial charge in [0.25, 0.3) is 0 Å². The minimum atomic E-state index is -0.837. The van der Waals surface area contributed by atoms with Crippen molar-refractivity contribution in [3.8, 4) is 0 Å². The second kappa shape index (κ2) is 6.27. The van der Waals surface area contributed by atoms with Crippen molar-refractivity contribution in [1.82, 2.24) is 14.8 Å².